The third-order valence-electron chi connectivity index (χ3n) is 4.02. The fourth-order valence-corrected chi connectivity index (χ4v) is 2.60. The summed E-state index contributed by atoms with van der Waals surface area (Å²) in [6.07, 6.45) is 0.0389. The van der Waals surface area contributed by atoms with Gasteiger partial charge in [0.25, 0.3) is 5.56 Å². The van der Waals surface area contributed by atoms with Crippen molar-refractivity contribution in [2.24, 2.45) is 0 Å². The molecule has 3 aromatic rings. The number of ketones is 1. The second-order valence-corrected chi connectivity index (χ2v) is 5.93. The van der Waals surface area contributed by atoms with Gasteiger partial charge in [-0.15, -0.1) is 0 Å². The molecule has 0 aliphatic heterocycles. The van der Waals surface area contributed by atoms with Crippen LogP contribution in [-0.4, -0.2) is 15.6 Å². The predicted molar refractivity (Wildman–Crippen MR) is 93.7 cm³/mol. The van der Waals surface area contributed by atoms with Crippen molar-refractivity contribution in [1.82, 2.24) is 9.78 Å². The van der Waals surface area contributed by atoms with E-state index in [1.165, 1.54) is 28.9 Å². The van der Waals surface area contributed by atoms with Gasteiger partial charge in [-0.25, -0.2) is 4.39 Å². The number of hydrogen-bond acceptors (Lipinski definition) is 3. The van der Waals surface area contributed by atoms with Gasteiger partial charge in [0.15, 0.2) is 5.78 Å². The van der Waals surface area contributed by atoms with Crippen LogP contribution in [0.4, 0.5) is 4.39 Å². The first-order valence-electron chi connectivity index (χ1n) is 7.90. The SMILES string of the molecule is Cc1cc(C(=O)Cc2ccc(=O)n(-c3ccccc3C)n2)ccc1F. The maximum atomic E-state index is 13.4. The molecule has 0 saturated carbocycles. The van der Waals surface area contributed by atoms with Crippen molar-refractivity contribution < 1.29 is 9.18 Å². The van der Waals surface area contributed by atoms with Crippen LogP contribution in [0.3, 0.4) is 0 Å². The van der Waals surface area contributed by atoms with E-state index in [0.717, 1.165) is 5.56 Å². The second-order valence-electron chi connectivity index (χ2n) is 5.93. The van der Waals surface area contributed by atoms with Gasteiger partial charge in [-0.05, 0) is 55.3 Å². The van der Waals surface area contributed by atoms with E-state index < -0.39 is 0 Å². The normalized spacial score (nSPS) is 10.7. The minimum atomic E-state index is -0.345. The molecule has 4 nitrogen and oxygen atoms in total. The van der Waals surface area contributed by atoms with Gasteiger partial charge in [0, 0.05) is 11.6 Å². The van der Waals surface area contributed by atoms with Crippen LogP contribution < -0.4 is 5.56 Å². The zero-order valence-corrected chi connectivity index (χ0v) is 14.0. The van der Waals surface area contributed by atoms with Crippen LogP contribution in [0.1, 0.15) is 27.2 Å². The molecule has 0 radical (unpaired) electrons. The van der Waals surface area contributed by atoms with E-state index in [0.29, 0.717) is 22.5 Å². The van der Waals surface area contributed by atoms with Crippen molar-refractivity contribution in [1.29, 1.82) is 0 Å². The molecular weight excluding hydrogens is 319 g/mol. The summed E-state index contributed by atoms with van der Waals surface area (Å²) in [5.41, 5.74) is 2.66. The molecule has 3 rings (SSSR count). The Kier molecular flexibility index (Phi) is 4.57. The largest absolute Gasteiger partial charge is 0.294 e. The molecule has 0 saturated heterocycles. The Balaban J connectivity index is 1.92. The number of Topliss-reactive ketones (excluding diaryl/α,β-unsaturated/α-hetero) is 1. The molecule has 0 spiro atoms. The number of carbonyl (C=O) groups is 1. The van der Waals surface area contributed by atoms with Crippen LogP contribution in [0, 0.1) is 19.7 Å². The maximum Gasteiger partial charge on any atom is 0.271 e. The van der Waals surface area contributed by atoms with Gasteiger partial charge in [-0.2, -0.15) is 9.78 Å². The van der Waals surface area contributed by atoms with Crippen molar-refractivity contribution >= 4 is 5.78 Å². The molecule has 0 amide bonds. The summed E-state index contributed by atoms with van der Waals surface area (Å²) in [7, 11) is 0. The third-order valence-corrected chi connectivity index (χ3v) is 4.02. The van der Waals surface area contributed by atoms with Crippen molar-refractivity contribution in [2.45, 2.75) is 20.3 Å². The summed E-state index contributed by atoms with van der Waals surface area (Å²) in [6.45, 7) is 3.51. The molecule has 0 aliphatic rings. The van der Waals surface area contributed by atoms with E-state index in [1.807, 2.05) is 25.1 Å². The van der Waals surface area contributed by atoms with Gasteiger partial charge in [0.2, 0.25) is 0 Å². The van der Waals surface area contributed by atoms with Crippen molar-refractivity contribution in [3.05, 3.63) is 93.2 Å². The molecule has 5 heteroatoms. The van der Waals surface area contributed by atoms with Crippen LogP contribution >= 0.6 is 0 Å². The highest BCUT2D eigenvalue weighted by atomic mass is 19.1. The molecular formula is C20H17FN2O2. The molecule has 1 heterocycles. The maximum absolute atomic E-state index is 13.4. The predicted octanol–water partition coefficient (Wildman–Crippen LogP) is 3.41. The van der Waals surface area contributed by atoms with Crippen LogP contribution in [0.15, 0.2) is 59.4 Å². The summed E-state index contributed by atoms with van der Waals surface area (Å²) >= 11 is 0. The summed E-state index contributed by atoms with van der Waals surface area (Å²) in [5.74, 6) is -0.520. The summed E-state index contributed by atoms with van der Waals surface area (Å²) in [6, 6.07) is 14.6. The Morgan fingerprint density at radius 2 is 1.80 bits per heavy atom. The molecule has 126 valence electrons. The number of rotatable bonds is 4. The van der Waals surface area contributed by atoms with Crippen molar-refractivity contribution in [2.75, 3.05) is 0 Å². The molecule has 0 unspecified atom stereocenters. The molecule has 2 aromatic carbocycles. The Morgan fingerprint density at radius 1 is 1.04 bits per heavy atom. The molecule has 0 atom stereocenters. The number of para-hydroxylation sites is 1. The first kappa shape index (κ1) is 16.8. The fraction of sp³-hybridized carbons (Fsp3) is 0.150. The van der Waals surface area contributed by atoms with E-state index >= 15 is 0 Å². The Morgan fingerprint density at radius 3 is 2.52 bits per heavy atom. The van der Waals surface area contributed by atoms with E-state index in [4.69, 9.17) is 0 Å². The van der Waals surface area contributed by atoms with E-state index in [9.17, 15) is 14.0 Å². The Bertz CT molecular complexity index is 1010. The van der Waals surface area contributed by atoms with Gasteiger partial charge in [-0.1, -0.05) is 18.2 Å². The lowest BCUT2D eigenvalue weighted by molar-refractivity contribution is 0.0991. The standard InChI is InChI=1S/C20H17FN2O2/c1-13-5-3-4-6-18(13)23-20(25)10-8-16(22-23)12-19(24)15-7-9-17(21)14(2)11-15/h3-11H,12H2,1-2H3. The number of nitrogens with zero attached hydrogens (tertiary/aromatic N) is 2. The molecule has 0 N–H and O–H groups in total. The highest BCUT2D eigenvalue weighted by Gasteiger charge is 2.12. The van der Waals surface area contributed by atoms with Crippen LogP contribution in [0.2, 0.25) is 0 Å². The minimum Gasteiger partial charge on any atom is -0.294 e. The highest BCUT2D eigenvalue weighted by molar-refractivity contribution is 5.97. The first-order valence-corrected chi connectivity index (χ1v) is 7.90. The highest BCUT2D eigenvalue weighted by Crippen LogP contribution is 2.13. The minimum absolute atomic E-state index is 0.0389. The van der Waals surface area contributed by atoms with Gasteiger partial charge in [0.05, 0.1) is 17.8 Å². The van der Waals surface area contributed by atoms with Crippen molar-refractivity contribution in [3.63, 3.8) is 0 Å². The van der Waals surface area contributed by atoms with E-state index in [2.05, 4.69) is 5.10 Å². The van der Waals surface area contributed by atoms with Gasteiger partial charge < -0.3 is 0 Å². The number of aryl methyl sites for hydroxylation is 2. The average Bonchev–Trinajstić information content (AvgIpc) is 2.59. The molecule has 0 fully saturated rings. The Labute approximate surface area is 144 Å². The smallest absolute Gasteiger partial charge is 0.271 e. The Hall–Kier alpha value is -3.08. The lowest BCUT2D eigenvalue weighted by Gasteiger charge is -2.09. The van der Waals surface area contributed by atoms with Crippen LogP contribution in [0.25, 0.3) is 5.69 Å². The first-order chi connectivity index (χ1) is 12.0. The number of halogens is 1. The van der Waals surface area contributed by atoms with Crippen LogP contribution in [0.5, 0.6) is 0 Å². The number of aromatic nitrogens is 2. The lowest BCUT2D eigenvalue weighted by atomic mass is 10.0. The average molecular weight is 336 g/mol. The molecule has 25 heavy (non-hydrogen) atoms. The number of hydrogen-bond donors (Lipinski definition) is 0. The van der Waals surface area contributed by atoms with Gasteiger partial charge >= 0.3 is 0 Å². The quantitative estimate of drug-likeness (QED) is 0.686. The van der Waals surface area contributed by atoms with E-state index in [-0.39, 0.29) is 23.6 Å². The van der Waals surface area contributed by atoms with Gasteiger partial charge in [-0.3, -0.25) is 9.59 Å². The fourth-order valence-electron chi connectivity index (χ4n) is 2.60. The van der Waals surface area contributed by atoms with Gasteiger partial charge in [0.1, 0.15) is 5.82 Å². The zero-order chi connectivity index (χ0) is 18.0. The topological polar surface area (TPSA) is 52.0 Å². The summed E-state index contributed by atoms with van der Waals surface area (Å²) in [4.78, 5) is 24.6. The molecule has 0 aliphatic carbocycles. The number of benzene rings is 2. The zero-order valence-electron chi connectivity index (χ0n) is 14.0. The monoisotopic (exact) mass is 336 g/mol. The molecule has 1 aromatic heterocycles. The lowest BCUT2D eigenvalue weighted by Crippen LogP contribution is -2.23. The third kappa shape index (κ3) is 3.55. The van der Waals surface area contributed by atoms with Crippen molar-refractivity contribution in [3.8, 4) is 5.69 Å². The number of carbonyl (C=O) groups excluding carboxylic acids is 1. The summed E-state index contributed by atoms with van der Waals surface area (Å²) < 4.78 is 14.6. The van der Waals surface area contributed by atoms with E-state index in [1.54, 1.807) is 19.1 Å². The molecule has 0 bridgehead atoms. The van der Waals surface area contributed by atoms with Crippen LogP contribution in [-0.2, 0) is 6.42 Å². The second kappa shape index (κ2) is 6.81. The summed E-state index contributed by atoms with van der Waals surface area (Å²) in [5, 5.41) is 4.32.